The van der Waals surface area contributed by atoms with Gasteiger partial charge in [0.05, 0.1) is 11.8 Å². The number of hydrazine groups is 1. The number of nitrogens with zero attached hydrogens (tertiary/aromatic N) is 3. The van der Waals surface area contributed by atoms with Crippen LogP contribution < -0.4 is 16.0 Å². The Morgan fingerprint density at radius 2 is 2.26 bits per heavy atom. The number of aromatic nitrogens is 2. The largest absolute Gasteiger partial charge is 0.437 e. The topological polar surface area (TPSA) is 96.8 Å². The molecule has 8 heteroatoms. The molecule has 0 spiro atoms. The van der Waals surface area contributed by atoms with Crippen molar-refractivity contribution in [3.8, 4) is 17.7 Å². The summed E-state index contributed by atoms with van der Waals surface area (Å²) in [6.45, 7) is 0. The van der Waals surface area contributed by atoms with Crippen LogP contribution in [0.5, 0.6) is 11.6 Å². The van der Waals surface area contributed by atoms with E-state index in [1.807, 2.05) is 0 Å². The monoisotopic (exact) mass is 279 g/mol. The lowest BCUT2D eigenvalue weighted by Gasteiger charge is -2.07. The number of ether oxygens (including phenoxy) is 1. The summed E-state index contributed by atoms with van der Waals surface area (Å²) >= 11 is 5.84. The van der Waals surface area contributed by atoms with E-state index in [2.05, 4.69) is 15.4 Å². The number of nitrogens with one attached hydrogen (secondary N) is 1. The summed E-state index contributed by atoms with van der Waals surface area (Å²) in [4.78, 5) is 7.64. The summed E-state index contributed by atoms with van der Waals surface area (Å²) in [7, 11) is 0. The summed E-state index contributed by atoms with van der Waals surface area (Å²) in [5.41, 5.74) is 2.15. The SMILES string of the molecule is N#Cc1ccc(Oc2nc(NN)ncc2Cl)cc1F. The van der Waals surface area contributed by atoms with Gasteiger partial charge in [0.15, 0.2) is 0 Å². The van der Waals surface area contributed by atoms with Gasteiger partial charge in [0.2, 0.25) is 11.8 Å². The van der Waals surface area contributed by atoms with Crippen LogP contribution in [0.15, 0.2) is 24.4 Å². The molecule has 3 N–H and O–H groups in total. The Balaban J connectivity index is 2.31. The molecule has 0 bridgehead atoms. The Labute approximate surface area is 112 Å². The zero-order valence-corrected chi connectivity index (χ0v) is 10.1. The average Bonchev–Trinajstić information content (AvgIpc) is 2.41. The van der Waals surface area contributed by atoms with Gasteiger partial charge in [0, 0.05) is 6.07 Å². The van der Waals surface area contributed by atoms with Crippen LogP contribution in [0.3, 0.4) is 0 Å². The van der Waals surface area contributed by atoms with Gasteiger partial charge >= 0.3 is 0 Å². The van der Waals surface area contributed by atoms with Gasteiger partial charge in [-0.05, 0) is 12.1 Å². The van der Waals surface area contributed by atoms with E-state index >= 15 is 0 Å². The fourth-order valence-electron chi connectivity index (χ4n) is 1.25. The molecule has 2 rings (SSSR count). The molecule has 0 radical (unpaired) electrons. The van der Waals surface area contributed by atoms with E-state index in [-0.39, 0.29) is 28.2 Å². The van der Waals surface area contributed by atoms with Crippen LogP contribution in [0.4, 0.5) is 10.3 Å². The highest BCUT2D eigenvalue weighted by Gasteiger charge is 2.09. The minimum absolute atomic E-state index is 0.0220. The fraction of sp³-hybridized carbons (Fsp3) is 0. The summed E-state index contributed by atoms with van der Waals surface area (Å²) in [5.74, 6) is 4.74. The maximum absolute atomic E-state index is 13.4. The normalized spacial score (nSPS) is 9.79. The van der Waals surface area contributed by atoms with Gasteiger partial charge in [0.1, 0.15) is 22.7 Å². The van der Waals surface area contributed by atoms with Gasteiger partial charge in [-0.25, -0.2) is 15.2 Å². The van der Waals surface area contributed by atoms with Crippen molar-refractivity contribution in [2.45, 2.75) is 0 Å². The van der Waals surface area contributed by atoms with Gasteiger partial charge in [-0.15, -0.1) is 0 Å². The number of hydrogen-bond donors (Lipinski definition) is 2. The molecule has 0 fully saturated rings. The maximum atomic E-state index is 13.4. The van der Waals surface area contributed by atoms with E-state index in [1.165, 1.54) is 18.3 Å². The lowest BCUT2D eigenvalue weighted by Crippen LogP contribution is -2.10. The molecular weight excluding hydrogens is 273 g/mol. The molecule has 0 saturated carbocycles. The van der Waals surface area contributed by atoms with Crippen molar-refractivity contribution in [1.29, 1.82) is 5.26 Å². The average molecular weight is 280 g/mol. The summed E-state index contributed by atoms with van der Waals surface area (Å²) < 4.78 is 18.7. The van der Waals surface area contributed by atoms with Crippen molar-refractivity contribution in [1.82, 2.24) is 9.97 Å². The summed E-state index contributed by atoms with van der Waals surface area (Å²) in [6, 6.07) is 5.49. The Hall–Kier alpha value is -2.43. The van der Waals surface area contributed by atoms with E-state index < -0.39 is 5.82 Å². The third kappa shape index (κ3) is 2.88. The van der Waals surface area contributed by atoms with Gasteiger partial charge in [-0.3, -0.25) is 5.43 Å². The third-order valence-electron chi connectivity index (χ3n) is 2.12. The van der Waals surface area contributed by atoms with Gasteiger partial charge in [-0.1, -0.05) is 11.6 Å². The van der Waals surface area contributed by atoms with E-state index in [4.69, 9.17) is 27.4 Å². The van der Waals surface area contributed by atoms with Crippen molar-refractivity contribution in [2.75, 3.05) is 5.43 Å². The van der Waals surface area contributed by atoms with Gasteiger partial charge in [-0.2, -0.15) is 10.2 Å². The molecule has 1 aromatic heterocycles. The molecule has 96 valence electrons. The van der Waals surface area contributed by atoms with Crippen molar-refractivity contribution in [3.63, 3.8) is 0 Å². The minimum atomic E-state index is -0.692. The van der Waals surface area contributed by atoms with Crippen LogP contribution in [0.1, 0.15) is 5.56 Å². The fourth-order valence-corrected chi connectivity index (χ4v) is 1.38. The van der Waals surface area contributed by atoms with E-state index in [1.54, 1.807) is 6.07 Å². The molecular formula is C11H7ClFN5O. The highest BCUT2D eigenvalue weighted by molar-refractivity contribution is 6.31. The highest BCUT2D eigenvalue weighted by Crippen LogP contribution is 2.28. The minimum Gasteiger partial charge on any atom is -0.437 e. The first-order chi connectivity index (χ1) is 9.13. The zero-order valence-electron chi connectivity index (χ0n) is 9.39. The Kier molecular flexibility index (Phi) is 3.75. The second-order valence-electron chi connectivity index (χ2n) is 3.35. The molecule has 0 aliphatic heterocycles. The number of nitrogens with two attached hydrogens (primary N) is 1. The second kappa shape index (κ2) is 5.48. The van der Waals surface area contributed by atoms with Gasteiger partial charge in [0.25, 0.3) is 0 Å². The van der Waals surface area contributed by atoms with E-state index in [0.29, 0.717) is 0 Å². The second-order valence-corrected chi connectivity index (χ2v) is 3.75. The molecule has 0 saturated heterocycles. The molecule has 6 nitrogen and oxygen atoms in total. The molecule has 0 aliphatic carbocycles. The Morgan fingerprint density at radius 3 is 2.89 bits per heavy atom. The smallest absolute Gasteiger partial charge is 0.243 e. The number of rotatable bonds is 3. The van der Waals surface area contributed by atoms with Crippen molar-refractivity contribution in [3.05, 3.63) is 40.8 Å². The number of halogens is 2. The Bertz CT molecular complexity index is 658. The molecule has 19 heavy (non-hydrogen) atoms. The molecule has 1 heterocycles. The molecule has 0 unspecified atom stereocenters. The maximum Gasteiger partial charge on any atom is 0.243 e. The lowest BCUT2D eigenvalue weighted by atomic mass is 10.2. The first kappa shape index (κ1) is 13.0. The van der Waals surface area contributed by atoms with Gasteiger partial charge < -0.3 is 4.74 Å². The van der Waals surface area contributed by atoms with Crippen LogP contribution in [-0.4, -0.2) is 9.97 Å². The zero-order chi connectivity index (χ0) is 13.8. The number of nitriles is 1. The van der Waals surface area contributed by atoms with Crippen LogP contribution in [-0.2, 0) is 0 Å². The Morgan fingerprint density at radius 1 is 1.47 bits per heavy atom. The quantitative estimate of drug-likeness (QED) is 0.660. The number of benzene rings is 1. The molecule has 1 aromatic carbocycles. The number of hydrogen-bond acceptors (Lipinski definition) is 6. The third-order valence-corrected chi connectivity index (χ3v) is 2.38. The first-order valence-electron chi connectivity index (χ1n) is 5.00. The lowest BCUT2D eigenvalue weighted by molar-refractivity contribution is 0.457. The highest BCUT2D eigenvalue weighted by atomic mass is 35.5. The van der Waals surface area contributed by atoms with Crippen LogP contribution in [0.25, 0.3) is 0 Å². The van der Waals surface area contributed by atoms with Crippen LogP contribution in [0.2, 0.25) is 5.02 Å². The molecule has 0 amide bonds. The van der Waals surface area contributed by atoms with E-state index in [0.717, 1.165) is 6.07 Å². The summed E-state index contributed by atoms with van der Waals surface area (Å²) in [5, 5.41) is 8.76. The van der Waals surface area contributed by atoms with Crippen LogP contribution in [0, 0.1) is 17.1 Å². The van der Waals surface area contributed by atoms with Crippen molar-refractivity contribution in [2.24, 2.45) is 5.84 Å². The van der Waals surface area contributed by atoms with Crippen LogP contribution >= 0.6 is 11.6 Å². The molecule has 0 aliphatic rings. The van der Waals surface area contributed by atoms with E-state index in [9.17, 15) is 4.39 Å². The number of anilines is 1. The number of nitrogen functional groups attached to an aromatic ring is 1. The molecule has 0 atom stereocenters. The molecule has 2 aromatic rings. The summed E-state index contributed by atoms with van der Waals surface area (Å²) in [6.07, 6.45) is 1.29. The van der Waals surface area contributed by atoms with Crippen molar-refractivity contribution < 1.29 is 9.13 Å². The van der Waals surface area contributed by atoms with Crippen molar-refractivity contribution >= 4 is 17.5 Å². The predicted octanol–water partition coefficient (Wildman–Crippen LogP) is 2.22. The standard InChI is InChI=1S/C11H7ClFN5O/c12-8-5-16-11(18-15)17-10(8)19-7-2-1-6(4-14)9(13)3-7/h1-3,5H,15H2,(H,16,17,18). The first-order valence-corrected chi connectivity index (χ1v) is 5.38. The predicted molar refractivity (Wildman–Crippen MR) is 66.0 cm³/mol.